The van der Waals surface area contributed by atoms with Gasteiger partial charge in [0, 0.05) is 15.6 Å². The highest BCUT2D eigenvalue weighted by Crippen LogP contribution is 2.40. The second-order valence-electron chi connectivity index (χ2n) is 7.65. The molecule has 0 spiro atoms. The van der Waals surface area contributed by atoms with Crippen molar-refractivity contribution >= 4 is 63.8 Å². The number of carbonyl (C=O) groups is 2. The van der Waals surface area contributed by atoms with Crippen LogP contribution in [0.2, 0.25) is 15.1 Å². The molecule has 4 rings (SSSR count). The Morgan fingerprint density at radius 1 is 1.00 bits per heavy atom. The van der Waals surface area contributed by atoms with E-state index in [0.29, 0.717) is 28.7 Å². The maximum absolute atomic E-state index is 14.2. The van der Waals surface area contributed by atoms with Crippen LogP contribution in [0, 0.1) is 5.82 Å². The van der Waals surface area contributed by atoms with E-state index in [1.54, 1.807) is 24.3 Å². The number of carbonyl (C=O) groups excluding carboxylic acids is 2. The zero-order chi connectivity index (χ0) is 25.8. The molecule has 1 aliphatic rings. The van der Waals surface area contributed by atoms with Gasteiger partial charge in [-0.1, -0.05) is 53.0 Å². The molecular formula is C26H19Cl3FNO4S. The van der Waals surface area contributed by atoms with E-state index in [4.69, 9.17) is 44.3 Å². The molecule has 0 aromatic heterocycles. The fraction of sp³-hybridized carbons (Fsp3) is 0.154. The van der Waals surface area contributed by atoms with Gasteiger partial charge >= 0.3 is 0 Å². The van der Waals surface area contributed by atoms with Crippen LogP contribution < -0.4 is 9.47 Å². The highest BCUT2D eigenvalue weighted by atomic mass is 35.5. The van der Waals surface area contributed by atoms with Crippen LogP contribution in [0.4, 0.5) is 9.18 Å². The largest absolute Gasteiger partial charge is 0.490 e. The minimum absolute atomic E-state index is 0.0755. The number of ether oxygens (including phenoxy) is 2. The van der Waals surface area contributed by atoms with Crippen molar-refractivity contribution in [3.63, 3.8) is 0 Å². The Labute approximate surface area is 226 Å². The fourth-order valence-corrected chi connectivity index (χ4v) is 4.90. The SMILES string of the molecule is CCOc1cc(/C=C2\SC(=O)N(Cc3c(F)cccc3Cl)C2=O)cc(Cl)c1OCc1ccc(Cl)cc1. The molecule has 1 aliphatic heterocycles. The van der Waals surface area contributed by atoms with Crippen LogP contribution >= 0.6 is 46.6 Å². The van der Waals surface area contributed by atoms with E-state index in [0.717, 1.165) is 22.2 Å². The molecule has 3 aromatic rings. The van der Waals surface area contributed by atoms with Gasteiger partial charge in [-0.3, -0.25) is 14.5 Å². The third-order valence-corrected chi connectivity index (χ3v) is 6.97. The van der Waals surface area contributed by atoms with Crippen molar-refractivity contribution in [3.05, 3.63) is 97.1 Å². The first-order valence-electron chi connectivity index (χ1n) is 10.8. The maximum Gasteiger partial charge on any atom is 0.293 e. The topological polar surface area (TPSA) is 55.8 Å². The molecule has 36 heavy (non-hydrogen) atoms. The lowest BCUT2D eigenvalue weighted by atomic mass is 10.1. The lowest BCUT2D eigenvalue weighted by molar-refractivity contribution is -0.123. The van der Waals surface area contributed by atoms with Gasteiger partial charge in [0.25, 0.3) is 11.1 Å². The van der Waals surface area contributed by atoms with Gasteiger partial charge in [-0.2, -0.15) is 0 Å². The number of nitrogens with zero attached hydrogens (tertiary/aromatic N) is 1. The third-order valence-electron chi connectivity index (χ3n) is 5.18. The maximum atomic E-state index is 14.2. The second-order valence-corrected chi connectivity index (χ2v) is 9.89. The molecule has 0 N–H and O–H groups in total. The summed E-state index contributed by atoms with van der Waals surface area (Å²) in [6.07, 6.45) is 1.53. The van der Waals surface area contributed by atoms with E-state index in [-0.39, 0.29) is 33.7 Å². The van der Waals surface area contributed by atoms with E-state index in [2.05, 4.69) is 0 Å². The minimum Gasteiger partial charge on any atom is -0.490 e. The predicted molar refractivity (Wildman–Crippen MR) is 141 cm³/mol. The molecule has 0 unspecified atom stereocenters. The summed E-state index contributed by atoms with van der Waals surface area (Å²) in [7, 11) is 0. The second kappa shape index (κ2) is 11.6. The summed E-state index contributed by atoms with van der Waals surface area (Å²) < 4.78 is 25.8. The number of benzene rings is 3. The summed E-state index contributed by atoms with van der Waals surface area (Å²) in [6.45, 7) is 2.16. The summed E-state index contributed by atoms with van der Waals surface area (Å²) in [6, 6.07) is 14.7. The van der Waals surface area contributed by atoms with E-state index >= 15 is 0 Å². The smallest absolute Gasteiger partial charge is 0.293 e. The Hall–Kier alpha value is -2.71. The van der Waals surface area contributed by atoms with Crippen molar-refractivity contribution < 1.29 is 23.5 Å². The van der Waals surface area contributed by atoms with Crippen molar-refractivity contribution in [2.75, 3.05) is 6.61 Å². The third kappa shape index (κ3) is 5.98. The van der Waals surface area contributed by atoms with Gasteiger partial charge in [-0.15, -0.1) is 0 Å². The molecule has 5 nitrogen and oxygen atoms in total. The lowest BCUT2D eigenvalue weighted by Crippen LogP contribution is -2.28. The molecule has 0 aliphatic carbocycles. The molecule has 0 atom stereocenters. The van der Waals surface area contributed by atoms with E-state index in [1.165, 1.54) is 24.3 Å². The van der Waals surface area contributed by atoms with Crippen LogP contribution in [0.25, 0.3) is 6.08 Å². The standard InChI is InChI=1S/C26H19Cl3FNO4S/c1-2-34-22-11-16(10-20(29)24(22)35-14-15-6-8-17(27)9-7-15)12-23-25(32)31(26(33)36-23)13-18-19(28)4-3-5-21(18)30/h3-12H,2,13-14H2,1H3/b23-12-. The van der Waals surface area contributed by atoms with Crippen LogP contribution in [0.3, 0.4) is 0 Å². The van der Waals surface area contributed by atoms with Crippen LogP contribution in [-0.2, 0) is 17.9 Å². The van der Waals surface area contributed by atoms with Crippen molar-refractivity contribution in [1.29, 1.82) is 0 Å². The molecule has 3 aromatic carbocycles. The molecule has 1 fully saturated rings. The molecule has 1 saturated heterocycles. The Morgan fingerprint density at radius 3 is 2.44 bits per heavy atom. The molecule has 0 saturated carbocycles. The van der Waals surface area contributed by atoms with E-state index in [1.807, 2.05) is 19.1 Å². The molecule has 2 amide bonds. The minimum atomic E-state index is -0.590. The van der Waals surface area contributed by atoms with Gasteiger partial charge < -0.3 is 9.47 Å². The van der Waals surface area contributed by atoms with Crippen LogP contribution in [-0.4, -0.2) is 22.7 Å². The average Bonchev–Trinajstić information content (AvgIpc) is 3.09. The Kier molecular flexibility index (Phi) is 8.46. The first-order chi connectivity index (χ1) is 17.3. The normalized spacial score (nSPS) is 14.6. The summed E-state index contributed by atoms with van der Waals surface area (Å²) in [5, 5.41) is 0.515. The van der Waals surface area contributed by atoms with Gasteiger partial charge in [0.1, 0.15) is 12.4 Å². The van der Waals surface area contributed by atoms with Gasteiger partial charge in [0.05, 0.1) is 23.1 Å². The van der Waals surface area contributed by atoms with Crippen molar-refractivity contribution in [2.24, 2.45) is 0 Å². The summed E-state index contributed by atoms with van der Waals surface area (Å²) in [5.74, 6) is -0.398. The summed E-state index contributed by atoms with van der Waals surface area (Å²) >= 11 is 19.2. The van der Waals surface area contributed by atoms with E-state index in [9.17, 15) is 14.0 Å². The number of thioether (sulfide) groups is 1. The molecule has 0 bridgehead atoms. The number of halogens is 4. The number of hydrogen-bond donors (Lipinski definition) is 0. The fourth-order valence-electron chi connectivity index (χ4n) is 3.44. The first-order valence-corrected chi connectivity index (χ1v) is 12.7. The Bertz CT molecular complexity index is 1330. The number of rotatable bonds is 8. The first kappa shape index (κ1) is 26.4. The van der Waals surface area contributed by atoms with Crippen LogP contribution in [0.5, 0.6) is 11.5 Å². The lowest BCUT2D eigenvalue weighted by Gasteiger charge is -2.15. The Morgan fingerprint density at radius 2 is 1.75 bits per heavy atom. The molecule has 10 heteroatoms. The zero-order valence-corrected chi connectivity index (χ0v) is 22.0. The van der Waals surface area contributed by atoms with Crippen LogP contribution in [0.1, 0.15) is 23.6 Å². The zero-order valence-electron chi connectivity index (χ0n) is 18.9. The van der Waals surface area contributed by atoms with Crippen molar-refractivity contribution in [2.45, 2.75) is 20.1 Å². The molecule has 1 heterocycles. The predicted octanol–water partition coefficient (Wildman–Crippen LogP) is 8.00. The Balaban J connectivity index is 1.56. The van der Waals surface area contributed by atoms with E-state index < -0.39 is 17.0 Å². The molecule has 0 radical (unpaired) electrons. The quantitative estimate of drug-likeness (QED) is 0.259. The summed E-state index contributed by atoms with van der Waals surface area (Å²) in [5.41, 5.74) is 1.51. The van der Waals surface area contributed by atoms with Gasteiger partial charge in [-0.05, 0) is 72.3 Å². The van der Waals surface area contributed by atoms with Crippen LogP contribution in [0.15, 0.2) is 59.5 Å². The van der Waals surface area contributed by atoms with Gasteiger partial charge in [0.15, 0.2) is 11.5 Å². The van der Waals surface area contributed by atoms with Crippen molar-refractivity contribution in [1.82, 2.24) is 4.90 Å². The highest BCUT2D eigenvalue weighted by molar-refractivity contribution is 8.18. The van der Waals surface area contributed by atoms with Gasteiger partial charge in [0.2, 0.25) is 0 Å². The average molecular weight is 567 g/mol. The number of amides is 2. The number of hydrogen-bond acceptors (Lipinski definition) is 5. The molecular weight excluding hydrogens is 548 g/mol. The summed E-state index contributed by atoms with van der Waals surface area (Å²) in [4.78, 5) is 26.6. The van der Waals surface area contributed by atoms with Gasteiger partial charge in [-0.25, -0.2) is 4.39 Å². The molecule has 186 valence electrons. The highest BCUT2D eigenvalue weighted by Gasteiger charge is 2.36. The van der Waals surface area contributed by atoms with Crippen molar-refractivity contribution in [3.8, 4) is 11.5 Å². The number of imide groups is 1. The monoisotopic (exact) mass is 565 g/mol.